The van der Waals surface area contributed by atoms with Gasteiger partial charge in [0.1, 0.15) is 41.4 Å². The van der Waals surface area contributed by atoms with E-state index in [0.717, 1.165) is 6.42 Å². The van der Waals surface area contributed by atoms with Crippen LogP contribution >= 0.6 is 0 Å². The maximum absolute atomic E-state index is 16.5. The molecule has 4 aromatic rings. The van der Waals surface area contributed by atoms with Gasteiger partial charge in [-0.05, 0) is 43.4 Å². The first-order valence-corrected chi connectivity index (χ1v) is 14.4. The maximum Gasteiger partial charge on any atom is 0.317 e. The first-order valence-electron chi connectivity index (χ1n) is 14.4. The van der Waals surface area contributed by atoms with Gasteiger partial charge in [-0.15, -0.1) is 6.42 Å². The van der Waals surface area contributed by atoms with Crippen molar-refractivity contribution in [2.45, 2.75) is 44.3 Å². The average Bonchev–Trinajstić information content (AvgIpc) is 3.27. The van der Waals surface area contributed by atoms with E-state index in [4.69, 9.17) is 11.2 Å². The summed E-state index contributed by atoms with van der Waals surface area (Å²) in [6.45, 7) is 2.62. The molecule has 7 rings (SSSR count). The topological polar surface area (TPSA) is 74.6 Å². The number of halogens is 5. The third kappa shape index (κ3) is 4.56. The van der Waals surface area contributed by atoms with Gasteiger partial charge in [0.25, 0.3) is 5.92 Å². The summed E-state index contributed by atoms with van der Waals surface area (Å²) in [4.78, 5) is 16.8. The van der Waals surface area contributed by atoms with Gasteiger partial charge in [0.15, 0.2) is 5.82 Å². The van der Waals surface area contributed by atoms with Gasteiger partial charge < -0.3 is 14.7 Å². The Morgan fingerprint density at radius 3 is 2.59 bits per heavy atom. The monoisotopic (exact) mass is 609 g/mol. The number of alkyl halides is 3. The van der Waals surface area contributed by atoms with E-state index in [9.17, 15) is 22.7 Å². The van der Waals surface area contributed by atoms with Crippen LogP contribution in [-0.4, -0.2) is 75.9 Å². The van der Waals surface area contributed by atoms with Crippen molar-refractivity contribution in [3.8, 4) is 35.4 Å². The van der Waals surface area contributed by atoms with Crippen LogP contribution in [0.4, 0.5) is 27.8 Å². The van der Waals surface area contributed by atoms with Crippen molar-refractivity contribution < 1.29 is 31.8 Å². The van der Waals surface area contributed by atoms with Crippen molar-refractivity contribution in [3.63, 3.8) is 0 Å². The minimum Gasteiger partial charge on any atom is -0.508 e. The van der Waals surface area contributed by atoms with E-state index < -0.39 is 42.2 Å². The van der Waals surface area contributed by atoms with Crippen molar-refractivity contribution in [1.82, 2.24) is 19.9 Å². The molecule has 2 aromatic heterocycles. The van der Waals surface area contributed by atoms with Gasteiger partial charge in [-0.1, -0.05) is 12.0 Å². The van der Waals surface area contributed by atoms with Crippen LogP contribution in [0.1, 0.15) is 31.7 Å². The second-order valence-corrected chi connectivity index (χ2v) is 12.1. The number of aromatic nitrogens is 3. The molecule has 1 aliphatic carbocycles. The second kappa shape index (κ2) is 10.2. The van der Waals surface area contributed by atoms with Gasteiger partial charge in [-0.2, -0.15) is 4.98 Å². The Hall–Kier alpha value is -4.24. The lowest BCUT2D eigenvalue weighted by Gasteiger charge is -2.40. The zero-order valence-corrected chi connectivity index (χ0v) is 23.8. The van der Waals surface area contributed by atoms with E-state index in [1.807, 2.05) is 11.8 Å². The molecular weight excluding hydrogens is 581 g/mol. The van der Waals surface area contributed by atoms with E-state index in [2.05, 4.69) is 20.9 Å². The Kier molecular flexibility index (Phi) is 6.59. The molecular formula is C32H28F5N5O2. The van der Waals surface area contributed by atoms with Crippen LogP contribution in [-0.2, 0) is 0 Å². The number of rotatable bonds is 7. The van der Waals surface area contributed by atoms with Crippen molar-refractivity contribution in [2.75, 3.05) is 37.7 Å². The third-order valence-corrected chi connectivity index (χ3v) is 9.11. The molecule has 7 nitrogen and oxygen atoms in total. The lowest BCUT2D eigenvalue weighted by molar-refractivity contribution is 0.0246. The van der Waals surface area contributed by atoms with Gasteiger partial charge in [-0.25, -0.2) is 31.9 Å². The summed E-state index contributed by atoms with van der Waals surface area (Å²) in [5, 5.41) is 11.4. The minimum absolute atomic E-state index is 0.0356. The molecule has 2 aliphatic heterocycles. The summed E-state index contributed by atoms with van der Waals surface area (Å²) in [5.41, 5.74) is -1.97. The second-order valence-electron chi connectivity index (χ2n) is 12.1. The van der Waals surface area contributed by atoms with E-state index >= 15 is 4.39 Å². The molecule has 0 unspecified atom stereocenters. The van der Waals surface area contributed by atoms with Crippen molar-refractivity contribution in [2.24, 2.45) is 5.41 Å². The van der Waals surface area contributed by atoms with Gasteiger partial charge in [-0.3, -0.25) is 4.90 Å². The molecule has 1 N–H and O–H groups in total. The normalized spacial score (nSPS) is 24.4. The molecule has 3 aliphatic rings. The number of likely N-dealkylation sites (tertiary alicyclic amines) is 1. The first-order chi connectivity index (χ1) is 21.0. The van der Waals surface area contributed by atoms with E-state index in [1.54, 1.807) is 4.90 Å². The van der Waals surface area contributed by atoms with Crippen LogP contribution in [0.15, 0.2) is 30.5 Å². The highest BCUT2D eigenvalue weighted by Gasteiger charge is 2.72. The maximum atomic E-state index is 16.5. The van der Waals surface area contributed by atoms with Crippen LogP contribution < -0.4 is 9.64 Å². The fraction of sp³-hybridized carbons (Fsp3) is 0.406. The summed E-state index contributed by atoms with van der Waals surface area (Å²) in [6, 6.07) is 5.03. The molecule has 3 fully saturated rings. The van der Waals surface area contributed by atoms with Gasteiger partial charge in [0.2, 0.25) is 0 Å². The highest BCUT2D eigenvalue weighted by molar-refractivity contribution is 6.03. The smallest absolute Gasteiger partial charge is 0.317 e. The predicted molar refractivity (Wildman–Crippen MR) is 155 cm³/mol. The van der Waals surface area contributed by atoms with E-state index in [1.165, 1.54) is 30.5 Å². The van der Waals surface area contributed by atoms with E-state index in [0.29, 0.717) is 30.7 Å². The number of ether oxygens (including phenoxy) is 1. The number of anilines is 1. The van der Waals surface area contributed by atoms with Crippen molar-refractivity contribution in [1.29, 1.82) is 0 Å². The molecule has 228 valence electrons. The number of nitrogens with zero attached hydrogens (tertiary/aromatic N) is 5. The molecule has 12 heteroatoms. The number of benzene rings is 2. The van der Waals surface area contributed by atoms with Crippen molar-refractivity contribution >= 4 is 27.5 Å². The molecule has 2 aromatic carbocycles. The predicted octanol–water partition coefficient (Wildman–Crippen LogP) is 5.86. The molecule has 0 radical (unpaired) electrons. The van der Waals surface area contributed by atoms with Crippen LogP contribution in [0.25, 0.3) is 32.9 Å². The average molecular weight is 610 g/mol. The number of fused-ring (bicyclic) bond motifs is 2. The number of pyridine rings is 1. The number of hydrogen-bond donors (Lipinski definition) is 1. The van der Waals surface area contributed by atoms with Crippen LogP contribution in [0.5, 0.6) is 11.8 Å². The summed E-state index contributed by atoms with van der Waals surface area (Å²) >= 11 is 0. The summed E-state index contributed by atoms with van der Waals surface area (Å²) in [5.74, 6) is -2.10. The summed E-state index contributed by atoms with van der Waals surface area (Å²) < 4.78 is 79.8. The van der Waals surface area contributed by atoms with Gasteiger partial charge in [0.05, 0.1) is 16.4 Å². The zero-order chi connectivity index (χ0) is 31.0. The SMILES string of the molecule is C#Cc1c(F)ccc2cc(O)cc(-c3nc(N4CC[C@@H]4C)c4cnc(OC[C@]5(CN6CC[C@H](F)C6)CC5(F)F)nc4c3F)c12. The number of terminal acetylenes is 1. The Labute approximate surface area is 249 Å². The molecule has 0 amide bonds. The van der Waals surface area contributed by atoms with E-state index in [-0.39, 0.29) is 64.0 Å². The molecule has 44 heavy (non-hydrogen) atoms. The number of aromatic hydroxyl groups is 1. The molecule has 0 bridgehead atoms. The third-order valence-electron chi connectivity index (χ3n) is 9.11. The number of phenols is 1. The fourth-order valence-electron chi connectivity index (χ4n) is 6.39. The Morgan fingerprint density at radius 2 is 1.95 bits per heavy atom. The Morgan fingerprint density at radius 1 is 1.16 bits per heavy atom. The van der Waals surface area contributed by atoms with Crippen LogP contribution in [0.2, 0.25) is 0 Å². The first kappa shape index (κ1) is 28.5. The number of hydrogen-bond acceptors (Lipinski definition) is 7. The summed E-state index contributed by atoms with van der Waals surface area (Å²) in [6.07, 6.45) is 6.69. The largest absolute Gasteiger partial charge is 0.508 e. The lowest BCUT2D eigenvalue weighted by atomic mass is 9.95. The van der Waals surface area contributed by atoms with Gasteiger partial charge in [0, 0.05) is 55.8 Å². The van der Waals surface area contributed by atoms with Gasteiger partial charge >= 0.3 is 6.01 Å². The molecule has 2 saturated heterocycles. The molecule has 4 heterocycles. The highest BCUT2D eigenvalue weighted by atomic mass is 19.3. The quantitative estimate of drug-likeness (QED) is 0.208. The minimum atomic E-state index is -3.00. The zero-order valence-electron chi connectivity index (χ0n) is 23.8. The Bertz CT molecular complexity index is 1860. The van der Waals surface area contributed by atoms with Crippen LogP contribution in [0, 0.1) is 29.4 Å². The fourth-order valence-corrected chi connectivity index (χ4v) is 6.39. The molecule has 0 spiro atoms. The Balaban J connectivity index is 1.33. The van der Waals surface area contributed by atoms with Crippen molar-refractivity contribution in [3.05, 3.63) is 47.7 Å². The number of phenolic OH excluding ortho intramolecular Hbond substituents is 1. The molecule has 1 saturated carbocycles. The standard InChI is InChI=1S/C32H28F5N5O2/c1-3-21-24(34)5-4-18-10-20(43)11-22(25(18)21)27-26(35)28-23(29(39-27)42-9-6-17(42)2)12-38-30(40-28)44-16-31(14-32(31,36)37)15-41-8-7-19(33)13-41/h1,4-5,10-12,17,19,43H,6-9,13-16H2,2H3/t17-,19-,31+/m0/s1. The summed E-state index contributed by atoms with van der Waals surface area (Å²) in [7, 11) is 0. The lowest BCUT2D eigenvalue weighted by Crippen LogP contribution is -2.46. The molecule has 3 atom stereocenters. The highest BCUT2D eigenvalue weighted by Crippen LogP contribution is 2.61. The van der Waals surface area contributed by atoms with Crippen LogP contribution in [0.3, 0.4) is 0 Å².